The molecule has 0 aliphatic heterocycles. The molecule has 1 nitrogen and oxygen atoms in total. The van der Waals surface area contributed by atoms with Crippen LogP contribution in [0.5, 0.6) is 0 Å². The van der Waals surface area contributed by atoms with Crippen LogP contribution >= 0.6 is 27.3 Å². The zero-order valence-electron chi connectivity index (χ0n) is 4.77. The molecule has 0 bridgehead atoms. The van der Waals surface area contributed by atoms with Crippen LogP contribution in [0.25, 0.3) is 0 Å². The first-order valence-electron chi connectivity index (χ1n) is 2.38. The first kappa shape index (κ1) is 6.96. The number of halogens is 1. The summed E-state index contributed by atoms with van der Waals surface area (Å²) in [5.41, 5.74) is 0.722. The third kappa shape index (κ3) is 1.40. The molecular weight excluding hydrogens is 200 g/mol. The SMILES string of the molecule is CC(=O)c1c[c]sc1Br. The maximum Gasteiger partial charge on any atom is 0.161 e. The molecule has 0 aromatic carbocycles. The van der Waals surface area contributed by atoms with E-state index in [1.54, 1.807) is 13.0 Å². The first-order valence-corrected chi connectivity index (χ1v) is 3.99. The van der Waals surface area contributed by atoms with Crippen molar-refractivity contribution < 1.29 is 4.79 Å². The summed E-state index contributed by atoms with van der Waals surface area (Å²) in [7, 11) is 0. The van der Waals surface area contributed by atoms with Crippen LogP contribution in [-0.2, 0) is 0 Å². The fourth-order valence-corrected chi connectivity index (χ4v) is 1.76. The molecule has 1 aromatic rings. The Morgan fingerprint density at radius 1 is 1.89 bits per heavy atom. The Kier molecular flexibility index (Phi) is 2.03. The van der Waals surface area contributed by atoms with Crippen LogP contribution in [0.3, 0.4) is 0 Å². The summed E-state index contributed by atoms with van der Waals surface area (Å²) in [6.45, 7) is 1.54. The summed E-state index contributed by atoms with van der Waals surface area (Å²) >= 11 is 4.64. The minimum absolute atomic E-state index is 0.0828. The molecule has 0 N–H and O–H groups in total. The summed E-state index contributed by atoms with van der Waals surface area (Å²) in [6.07, 6.45) is 0. The number of thiophene rings is 1. The Hall–Kier alpha value is -0.150. The quantitative estimate of drug-likeness (QED) is 0.642. The normalized spacial score (nSPS) is 9.56. The molecule has 47 valence electrons. The van der Waals surface area contributed by atoms with Crippen molar-refractivity contribution in [2.24, 2.45) is 0 Å². The molecule has 0 unspecified atom stereocenters. The van der Waals surface area contributed by atoms with Gasteiger partial charge in [0, 0.05) is 10.9 Å². The molecule has 1 rings (SSSR count). The van der Waals surface area contributed by atoms with E-state index in [0.717, 1.165) is 9.35 Å². The van der Waals surface area contributed by atoms with Gasteiger partial charge in [-0.05, 0) is 28.9 Å². The van der Waals surface area contributed by atoms with E-state index in [1.165, 1.54) is 11.3 Å². The van der Waals surface area contributed by atoms with E-state index < -0.39 is 0 Å². The van der Waals surface area contributed by atoms with Gasteiger partial charge in [-0.2, -0.15) is 0 Å². The third-order valence-electron chi connectivity index (χ3n) is 0.943. The standard InChI is InChI=1S/C6H4BrOS/c1-4(8)5-2-3-9-6(5)7/h2H,1H3. The van der Waals surface area contributed by atoms with Crippen molar-refractivity contribution in [2.75, 3.05) is 0 Å². The van der Waals surface area contributed by atoms with Crippen molar-refractivity contribution in [3.63, 3.8) is 0 Å². The molecule has 0 amide bonds. The molecule has 9 heavy (non-hydrogen) atoms. The van der Waals surface area contributed by atoms with E-state index in [4.69, 9.17) is 0 Å². The fraction of sp³-hybridized carbons (Fsp3) is 0.167. The fourth-order valence-electron chi connectivity index (χ4n) is 0.492. The summed E-state index contributed by atoms with van der Waals surface area (Å²) < 4.78 is 0.870. The van der Waals surface area contributed by atoms with E-state index in [2.05, 4.69) is 21.3 Å². The molecule has 3 heteroatoms. The number of ketones is 1. The number of Topliss-reactive ketones (excluding diaryl/α,β-unsaturated/α-hetero) is 1. The molecule has 1 heterocycles. The highest BCUT2D eigenvalue weighted by Gasteiger charge is 2.04. The Balaban J connectivity index is 3.08. The van der Waals surface area contributed by atoms with Gasteiger partial charge in [-0.3, -0.25) is 4.79 Å². The van der Waals surface area contributed by atoms with Gasteiger partial charge >= 0.3 is 0 Å². The first-order chi connectivity index (χ1) is 4.22. The number of hydrogen-bond acceptors (Lipinski definition) is 2. The minimum Gasteiger partial charge on any atom is -0.294 e. The van der Waals surface area contributed by atoms with Crippen LogP contribution in [-0.4, -0.2) is 5.78 Å². The highest BCUT2D eigenvalue weighted by molar-refractivity contribution is 9.11. The van der Waals surface area contributed by atoms with Crippen LogP contribution in [0.4, 0.5) is 0 Å². The van der Waals surface area contributed by atoms with Crippen LogP contribution in [0, 0.1) is 5.38 Å². The van der Waals surface area contributed by atoms with Crippen LogP contribution in [0.1, 0.15) is 17.3 Å². The summed E-state index contributed by atoms with van der Waals surface area (Å²) in [6, 6.07) is 1.69. The Morgan fingerprint density at radius 2 is 2.56 bits per heavy atom. The van der Waals surface area contributed by atoms with Gasteiger partial charge in [0.1, 0.15) is 0 Å². The average molecular weight is 204 g/mol. The zero-order chi connectivity index (χ0) is 6.85. The van der Waals surface area contributed by atoms with Gasteiger partial charge < -0.3 is 0 Å². The van der Waals surface area contributed by atoms with Crippen molar-refractivity contribution in [3.8, 4) is 0 Å². The second-order valence-corrected chi connectivity index (χ2v) is 3.77. The smallest absolute Gasteiger partial charge is 0.161 e. The lowest BCUT2D eigenvalue weighted by Crippen LogP contribution is -1.87. The average Bonchev–Trinajstić information content (AvgIpc) is 2.13. The lowest BCUT2D eigenvalue weighted by atomic mass is 10.2. The summed E-state index contributed by atoms with van der Waals surface area (Å²) in [5.74, 6) is 0.0828. The van der Waals surface area contributed by atoms with Gasteiger partial charge in [-0.15, -0.1) is 11.3 Å². The monoisotopic (exact) mass is 203 g/mol. The minimum atomic E-state index is 0.0828. The second-order valence-electron chi connectivity index (χ2n) is 1.61. The number of carbonyl (C=O) groups excluding carboxylic acids is 1. The molecular formula is C6H4BrOS. The molecule has 0 fully saturated rings. The molecule has 0 aliphatic carbocycles. The molecule has 1 aromatic heterocycles. The zero-order valence-corrected chi connectivity index (χ0v) is 7.17. The molecule has 0 spiro atoms. The lowest BCUT2D eigenvalue weighted by molar-refractivity contribution is 0.101. The number of hydrogen-bond donors (Lipinski definition) is 0. The van der Waals surface area contributed by atoms with Gasteiger partial charge in [0.2, 0.25) is 0 Å². The Bertz CT molecular complexity index is 229. The maximum absolute atomic E-state index is 10.7. The maximum atomic E-state index is 10.7. The molecule has 1 radical (unpaired) electrons. The highest BCUT2D eigenvalue weighted by Crippen LogP contribution is 2.22. The van der Waals surface area contributed by atoms with Crippen molar-refractivity contribution in [1.82, 2.24) is 0 Å². The molecule has 0 atom stereocenters. The van der Waals surface area contributed by atoms with E-state index in [1.807, 2.05) is 0 Å². The number of carbonyl (C=O) groups is 1. The largest absolute Gasteiger partial charge is 0.294 e. The van der Waals surface area contributed by atoms with Gasteiger partial charge in [0.25, 0.3) is 0 Å². The summed E-state index contributed by atoms with van der Waals surface area (Å²) in [4.78, 5) is 10.7. The van der Waals surface area contributed by atoms with Crippen molar-refractivity contribution in [3.05, 3.63) is 20.8 Å². The van der Waals surface area contributed by atoms with Gasteiger partial charge in [0.05, 0.1) is 3.79 Å². The second kappa shape index (κ2) is 2.62. The van der Waals surface area contributed by atoms with Crippen LogP contribution in [0.15, 0.2) is 9.85 Å². The van der Waals surface area contributed by atoms with Gasteiger partial charge in [-0.25, -0.2) is 0 Å². The van der Waals surface area contributed by atoms with E-state index >= 15 is 0 Å². The summed E-state index contributed by atoms with van der Waals surface area (Å²) in [5, 5.41) is 2.85. The highest BCUT2D eigenvalue weighted by atomic mass is 79.9. The van der Waals surface area contributed by atoms with E-state index in [0.29, 0.717) is 0 Å². The van der Waals surface area contributed by atoms with E-state index in [9.17, 15) is 4.79 Å². The lowest BCUT2D eigenvalue weighted by Gasteiger charge is -1.85. The van der Waals surface area contributed by atoms with Gasteiger partial charge in [-0.1, -0.05) is 0 Å². The predicted octanol–water partition coefficient (Wildman–Crippen LogP) is 2.51. The molecule has 0 aliphatic rings. The van der Waals surface area contributed by atoms with Crippen molar-refractivity contribution >= 4 is 33.0 Å². The van der Waals surface area contributed by atoms with Crippen molar-refractivity contribution in [2.45, 2.75) is 6.92 Å². The van der Waals surface area contributed by atoms with Gasteiger partial charge in [0.15, 0.2) is 5.78 Å². The van der Waals surface area contributed by atoms with Crippen molar-refractivity contribution in [1.29, 1.82) is 0 Å². The predicted molar refractivity (Wildman–Crippen MR) is 40.9 cm³/mol. The molecule has 0 saturated heterocycles. The number of rotatable bonds is 1. The molecule has 0 saturated carbocycles. The van der Waals surface area contributed by atoms with E-state index in [-0.39, 0.29) is 5.78 Å². The topological polar surface area (TPSA) is 17.1 Å². The van der Waals surface area contributed by atoms with Crippen LogP contribution in [0.2, 0.25) is 0 Å². The van der Waals surface area contributed by atoms with Crippen LogP contribution < -0.4 is 0 Å². The third-order valence-corrected chi connectivity index (χ3v) is 2.49. The Morgan fingerprint density at radius 3 is 2.78 bits per heavy atom. The Labute approximate surface area is 65.8 Å².